The lowest BCUT2D eigenvalue weighted by Gasteiger charge is -2.14. The Labute approximate surface area is 121 Å². The SMILES string of the molecule is CC(=O)Nc1c(Cl)nc2cc(N(C)C)ccc2c1Cl. The highest BCUT2D eigenvalue weighted by molar-refractivity contribution is 6.42. The molecule has 1 aromatic carbocycles. The minimum absolute atomic E-state index is 0.184. The number of hydrogen-bond acceptors (Lipinski definition) is 3. The lowest BCUT2D eigenvalue weighted by molar-refractivity contribution is -0.114. The number of carbonyl (C=O) groups is 1. The average Bonchev–Trinajstić information content (AvgIpc) is 2.33. The zero-order valence-corrected chi connectivity index (χ0v) is 12.3. The molecule has 4 nitrogen and oxygen atoms in total. The highest BCUT2D eigenvalue weighted by atomic mass is 35.5. The summed E-state index contributed by atoms with van der Waals surface area (Å²) in [6.45, 7) is 1.39. The zero-order valence-electron chi connectivity index (χ0n) is 10.8. The standard InChI is InChI=1S/C13H13Cl2N3O/c1-7(19)16-12-11(14)9-5-4-8(18(2)3)6-10(9)17-13(12)15/h4-6H,1-3H3,(H,16,19). The number of rotatable bonds is 2. The van der Waals surface area contributed by atoms with Gasteiger partial charge in [-0.15, -0.1) is 0 Å². The van der Waals surface area contributed by atoms with Gasteiger partial charge in [0.1, 0.15) is 0 Å². The van der Waals surface area contributed by atoms with Crippen molar-refractivity contribution in [1.29, 1.82) is 0 Å². The Kier molecular flexibility index (Phi) is 3.83. The topological polar surface area (TPSA) is 45.2 Å². The number of halogens is 2. The van der Waals surface area contributed by atoms with E-state index >= 15 is 0 Å². The summed E-state index contributed by atoms with van der Waals surface area (Å²) >= 11 is 12.3. The van der Waals surface area contributed by atoms with Crippen molar-refractivity contribution in [2.45, 2.75) is 6.92 Å². The number of amides is 1. The number of aromatic nitrogens is 1. The van der Waals surface area contributed by atoms with Crippen LogP contribution < -0.4 is 10.2 Å². The predicted octanol–water partition coefficient (Wildman–Crippen LogP) is 3.57. The van der Waals surface area contributed by atoms with Gasteiger partial charge in [0.15, 0.2) is 5.15 Å². The van der Waals surface area contributed by atoms with Crippen molar-refractivity contribution in [2.24, 2.45) is 0 Å². The molecule has 1 amide bonds. The fourth-order valence-electron chi connectivity index (χ4n) is 1.75. The molecule has 0 saturated heterocycles. The summed E-state index contributed by atoms with van der Waals surface area (Å²) in [4.78, 5) is 17.4. The van der Waals surface area contributed by atoms with E-state index in [-0.39, 0.29) is 11.1 Å². The number of pyridine rings is 1. The first-order valence-electron chi connectivity index (χ1n) is 5.64. The van der Waals surface area contributed by atoms with Gasteiger partial charge >= 0.3 is 0 Å². The van der Waals surface area contributed by atoms with E-state index in [1.807, 2.05) is 37.2 Å². The van der Waals surface area contributed by atoms with Crippen molar-refractivity contribution < 1.29 is 4.79 Å². The van der Waals surface area contributed by atoms with E-state index in [9.17, 15) is 4.79 Å². The smallest absolute Gasteiger partial charge is 0.221 e. The van der Waals surface area contributed by atoms with Crippen LogP contribution in [0.15, 0.2) is 18.2 Å². The predicted molar refractivity (Wildman–Crippen MR) is 80.4 cm³/mol. The second-order valence-electron chi connectivity index (χ2n) is 4.37. The number of carbonyl (C=O) groups excluding carboxylic acids is 1. The number of fused-ring (bicyclic) bond motifs is 1. The van der Waals surface area contributed by atoms with Crippen molar-refractivity contribution in [3.63, 3.8) is 0 Å². The molecule has 0 spiro atoms. The molecule has 19 heavy (non-hydrogen) atoms. The van der Waals surface area contributed by atoms with Crippen molar-refractivity contribution in [2.75, 3.05) is 24.3 Å². The Balaban J connectivity index is 2.65. The molecule has 0 fully saturated rings. The molecule has 0 aliphatic rings. The molecule has 0 saturated carbocycles. The van der Waals surface area contributed by atoms with E-state index in [0.29, 0.717) is 16.2 Å². The number of benzene rings is 1. The molecule has 6 heteroatoms. The Bertz CT molecular complexity index is 656. The first-order valence-corrected chi connectivity index (χ1v) is 6.39. The summed E-state index contributed by atoms with van der Waals surface area (Å²) < 4.78 is 0. The lowest BCUT2D eigenvalue weighted by atomic mass is 10.2. The summed E-state index contributed by atoms with van der Waals surface area (Å²) in [5.74, 6) is -0.241. The second kappa shape index (κ2) is 5.23. The number of nitrogens with one attached hydrogen (secondary N) is 1. The highest BCUT2D eigenvalue weighted by Crippen LogP contribution is 2.36. The van der Waals surface area contributed by atoms with Crippen molar-refractivity contribution in [1.82, 2.24) is 4.98 Å². The van der Waals surface area contributed by atoms with Gasteiger partial charge in [-0.1, -0.05) is 23.2 Å². The average molecular weight is 298 g/mol. The molecule has 1 aromatic heterocycles. The van der Waals surface area contributed by atoms with Crippen molar-refractivity contribution >= 4 is 51.4 Å². The van der Waals surface area contributed by atoms with Gasteiger partial charge < -0.3 is 10.2 Å². The fourth-order valence-corrected chi connectivity index (χ4v) is 2.32. The van der Waals surface area contributed by atoms with Gasteiger partial charge in [-0.05, 0) is 18.2 Å². The Morgan fingerprint density at radius 3 is 2.58 bits per heavy atom. The normalized spacial score (nSPS) is 10.6. The van der Waals surface area contributed by atoms with E-state index in [2.05, 4.69) is 10.3 Å². The van der Waals surface area contributed by atoms with Gasteiger partial charge in [0.2, 0.25) is 5.91 Å². The summed E-state index contributed by atoms with van der Waals surface area (Å²) in [6, 6.07) is 5.69. The van der Waals surface area contributed by atoms with E-state index in [1.165, 1.54) is 6.92 Å². The first-order chi connectivity index (χ1) is 8.90. The molecule has 2 aromatic rings. The second-order valence-corrected chi connectivity index (χ2v) is 5.10. The molecule has 0 aliphatic carbocycles. The Morgan fingerprint density at radius 1 is 1.32 bits per heavy atom. The number of hydrogen-bond donors (Lipinski definition) is 1. The first kappa shape index (κ1) is 13.9. The van der Waals surface area contributed by atoms with Crippen LogP contribution in [0.1, 0.15) is 6.92 Å². The summed E-state index contributed by atoms with van der Waals surface area (Å²) in [6.07, 6.45) is 0. The van der Waals surface area contributed by atoms with Crippen LogP contribution in [0.4, 0.5) is 11.4 Å². The molecule has 0 radical (unpaired) electrons. The molecular weight excluding hydrogens is 285 g/mol. The van der Waals surface area contributed by atoms with Crippen LogP contribution >= 0.6 is 23.2 Å². The van der Waals surface area contributed by atoms with Crippen LogP contribution in [0.3, 0.4) is 0 Å². The molecule has 100 valence electrons. The third-order valence-electron chi connectivity index (χ3n) is 2.68. The van der Waals surface area contributed by atoms with Gasteiger partial charge in [0.25, 0.3) is 0 Å². The summed E-state index contributed by atoms with van der Waals surface area (Å²) in [7, 11) is 3.88. The van der Waals surface area contributed by atoms with Gasteiger partial charge in [-0.2, -0.15) is 0 Å². The van der Waals surface area contributed by atoms with Crippen LogP contribution in [0.25, 0.3) is 10.9 Å². The molecule has 1 N–H and O–H groups in total. The van der Waals surface area contributed by atoms with Crippen LogP contribution in [0.5, 0.6) is 0 Å². The molecule has 1 heterocycles. The number of nitrogens with zero attached hydrogens (tertiary/aromatic N) is 2. The Hall–Kier alpha value is -1.52. The van der Waals surface area contributed by atoms with Crippen molar-refractivity contribution in [3.05, 3.63) is 28.4 Å². The molecule has 0 unspecified atom stereocenters. The van der Waals surface area contributed by atoms with Crippen molar-refractivity contribution in [3.8, 4) is 0 Å². The minimum Gasteiger partial charge on any atom is -0.378 e. The monoisotopic (exact) mass is 297 g/mol. The minimum atomic E-state index is -0.241. The van der Waals surface area contributed by atoms with Crippen LogP contribution in [0.2, 0.25) is 10.2 Å². The maximum atomic E-state index is 11.1. The van der Waals surface area contributed by atoms with Gasteiger partial charge in [0, 0.05) is 32.1 Å². The molecule has 0 atom stereocenters. The quantitative estimate of drug-likeness (QED) is 0.862. The lowest BCUT2D eigenvalue weighted by Crippen LogP contribution is -2.09. The maximum absolute atomic E-state index is 11.1. The zero-order chi connectivity index (χ0) is 14.2. The van der Waals surface area contributed by atoms with E-state index in [0.717, 1.165) is 11.1 Å². The number of anilines is 2. The van der Waals surface area contributed by atoms with E-state index < -0.39 is 0 Å². The molecular formula is C13H13Cl2N3O. The Morgan fingerprint density at radius 2 is 2.00 bits per heavy atom. The van der Waals surface area contributed by atoms with E-state index in [1.54, 1.807) is 0 Å². The highest BCUT2D eigenvalue weighted by Gasteiger charge is 2.14. The molecule has 2 rings (SSSR count). The maximum Gasteiger partial charge on any atom is 0.221 e. The largest absolute Gasteiger partial charge is 0.378 e. The van der Waals surface area contributed by atoms with Crippen LogP contribution in [-0.4, -0.2) is 25.0 Å². The van der Waals surface area contributed by atoms with Crippen LogP contribution in [0, 0.1) is 0 Å². The van der Waals surface area contributed by atoms with Gasteiger partial charge in [0.05, 0.1) is 16.2 Å². The summed E-state index contributed by atoms with van der Waals surface area (Å²) in [5.41, 5.74) is 2.04. The summed E-state index contributed by atoms with van der Waals surface area (Å²) in [5, 5.41) is 3.93. The van der Waals surface area contributed by atoms with Crippen LogP contribution in [-0.2, 0) is 4.79 Å². The fraction of sp³-hybridized carbons (Fsp3) is 0.231. The molecule has 0 aliphatic heterocycles. The molecule has 0 bridgehead atoms. The third kappa shape index (κ3) is 2.74. The third-order valence-corrected chi connectivity index (χ3v) is 3.35. The van der Waals surface area contributed by atoms with Gasteiger partial charge in [-0.25, -0.2) is 4.98 Å². The van der Waals surface area contributed by atoms with Gasteiger partial charge in [-0.3, -0.25) is 4.79 Å². The van der Waals surface area contributed by atoms with E-state index in [4.69, 9.17) is 23.2 Å².